The molecule has 0 bridgehead atoms. The first-order valence-corrected chi connectivity index (χ1v) is 7.12. The van der Waals surface area contributed by atoms with Gasteiger partial charge in [-0.15, -0.1) is 0 Å². The largest absolute Gasteiger partial charge is 0.495 e. The van der Waals surface area contributed by atoms with E-state index in [0.29, 0.717) is 9.99 Å². The average Bonchev–Trinajstić information content (AvgIpc) is 2.36. The highest BCUT2D eigenvalue weighted by molar-refractivity contribution is 7.89. The van der Waals surface area contributed by atoms with Crippen molar-refractivity contribution in [2.45, 2.75) is 4.90 Å². The van der Waals surface area contributed by atoms with Crippen molar-refractivity contribution < 1.29 is 22.7 Å². The van der Waals surface area contributed by atoms with Gasteiger partial charge in [0, 0.05) is 11.8 Å². The van der Waals surface area contributed by atoms with Crippen molar-refractivity contribution in [3.63, 3.8) is 0 Å². The fourth-order valence-corrected chi connectivity index (χ4v) is 3.12. The Labute approximate surface area is 121 Å². The number of methoxy groups -OCH3 is 1. The van der Waals surface area contributed by atoms with Crippen LogP contribution < -0.4 is 21.9 Å². The molecule has 0 heterocycles. The number of carbonyl (C=O) groups excluding carboxylic acids is 2. The molecule has 0 atom stereocenters. The minimum atomic E-state index is -4.20. The third-order valence-electron chi connectivity index (χ3n) is 2.47. The van der Waals surface area contributed by atoms with Crippen LogP contribution in [-0.2, 0) is 19.6 Å². The van der Waals surface area contributed by atoms with Gasteiger partial charge in [0.1, 0.15) is 10.6 Å². The molecule has 0 saturated heterocycles. The maximum atomic E-state index is 12.5. The van der Waals surface area contributed by atoms with E-state index in [1.54, 1.807) is 0 Å². The average molecular weight is 316 g/mol. The number of sulfonamides is 1. The number of amides is 2. The number of carbonyl (C=O) groups is 2. The third-order valence-corrected chi connectivity index (χ3v) is 4.30. The number of hydrogen-bond acceptors (Lipinski definition) is 6. The Morgan fingerprint density at radius 3 is 2.14 bits per heavy atom. The second-order valence-corrected chi connectivity index (χ2v) is 6.02. The smallest absolute Gasteiger partial charge is 0.247 e. The molecule has 0 aliphatic heterocycles. The lowest BCUT2D eigenvalue weighted by Crippen LogP contribution is -2.43. The molecule has 0 unspecified atom stereocenters. The molecule has 21 heavy (non-hydrogen) atoms. The van der Waals surface area contributed by atoms with Crippen LogP contribution in [0.1, 0.15) is 0 Å². The van der Waals surface area contributed by atoms with E-state index >= 15 is 0 Å². The fraction of sp³-hybridized carbons (Fsp3) is 0.273. The summed E-state index contributed by atoms with van der Waals surface area (Å²) in [6.07, 6.45) is 0. The SMILES string of the molecule is COc1cc(N)ccc1S(=O)(=O)N(CC(N)=O)CC(N)=O. The van der Waals surface area contributed by atoms with Gasteiger partial charge in [-0.05, 0) is 12.1 Å². The Morgan fingerprint density at radius 2 is 1.71 bits per heavy atom. The number of primary amides is 2. The van der Waals surface area contributed by atoms with Gasteiger partial charge >= 0.3 is 0 Å². The minimum absolute atomic E-state index is 0.0195. The monoisotopic (exact) mass is 316 g/mol. The maximum absolute atomic E-state index is 12.5. The molecule has 0 aromatic heterocycles. The van der Waals surface area contributed by atoms with E-state index in [4.69, 9.17) is 21.9 Å². The quantitative estimate of drug-likeness (QED) is 0.505. The molecule has 1 aromatic carbocycles. The number of rotatable bonds is 7. The molecule has 0 fully saturated rings. The molecule has 0 aliphatic rings. The summed E-state index contributed by atoms with van der Waals surface area (Å²) in [5.74, 6) is -1.86. The molecular formula is C11H16N4O5S. The van der Waals surface area contributed by atoms with Crippen LogP contribution in [0.2, 0.25) is 0 Å². The van der Waals surface area contributed by atoms with Crippen molar-refractivity contribution in [2.75, 3.05) is 25.9 Å². The van der Waals surface area contributed by atoms with Gasteiger partial charge in [-0.2, -0.15) is 4.31 Å². The molecule has 0 saturated carbocycles. The highest BCUT2D eigenvalue weighted by Crippen LogP contribution is 2.28. The van der Waals surface area contributed by atoms with Crippen LogP contribution in [0.5, 0.6) is 5.75 Å². The summed E-state index contributed by atoms with van der Waals surface area (Å²) in [5.41, 5.74) is 15.8. The number of anilines is 1. The van der Waals surface area contributed by atoms with Crippen LogP contribution in [0.4, 0.5) is 5.69 Å². The van der Waals surface area contributed by atoms with E-state index in [-0.39, 0.29) is 10.6 Å². The van der Waals surface area contributed by atoms with Crippen molar-refractivity contribution in [3.05, 3.63) is 18.2 Å². The van der Waals surface area contributed by atoms with Gasteiger partial charge in [-0.25, -0.2) is 8.42 Å². The first-order valence-electron chi connectivity index (χ1n) is 5.68. The van der Waals surface area contributed by atoms with Gasteiger partial charge in [-0.3, -0.25) is 9.59 Å². The summed E-state index contributed by atoms with van der Waals surface area (Å²) in [6.45, 7) is -1.36. The molecule has 6 N–H and O–H groups in total. The van der Waals surface area contributed by atoms with E-state index in [1.807, 2.05) is 0 Å². The molecule has 0 aliphatic carbocycles. The molecule has 10 heteroatoms. The van der Waals surface area contributed by atoms with Crippen LogP contribution in [0, 0.1) is 0 Å². The van der Waals surface area contributed by atoms with Crippen LogP contribution >= 0.6 is 0 Å². The lowest BCUT2D eigenvalue weighted by atomic mass is 10.3. The number of hydrogen-bond donors (Lipinski definition) is 3. The van der Waals surface area contributed by atoms with Gasteiger partial charge in [-0.1, -0.05) is 0 Å². The van der Waals surface area contributed by atoms with Gasteiger partial charge < -0.3 is 21.9 Å². The fourth-order valence-electron chi connectivity index (χ4n) is 1.61. The van der Waals surface area contributed by atoms with Crippen LogP contribution in [0.25, 0.3) is 0 Å². The first kappa shape index (κ1) is 16.7. The molecule has 2 amide bonds. The summed E-state index contributed by atoms with van der Waals surface area (Å²) in [6, 6.07) is 3.86. The zero-order valence-electron chi connectivity index (χ0n) is 11.3. The number of nitrogen functional groups attached to an aromatic ring is 1. The van der Waals surface area contributed by atoms with Gasteiger partial charge in [0.05, 0.1) is 20.2 Å². The van der Waals surface area contributed by atoms with Gasteiger partial charge in [0.15, 0.2) is 0 Å². The zero-order chi connectivity index (χ0) is 16.2. The number of benzene rings is 1. The summed E-state index contributed by atoms with van der Waals surface area (Å²) >= 11 is 0. The van der Waals surface area contributed by atoms with Crippen molar-refractivity contribution in [1.82, 2.24) is 4.31 Å². The zero-order valence-corrected chi connectivity index (χ0v) is 12.1. The minimum Gasteiger partial charge on any atom is -0.495 e. The Balaban J connectivity index is 3.34. The number of nitrogens with two attached hydrogens (primary N) is 3. The van der Waals surface area contributed by atoms with E-state index in [9.17, 15) is 18.0 Å². The second-order valence-electron chi connectivity index (χ2n) is 4.12. The van der Waals surface area contributed by atoms with E-state index in [0.717, 1.165) is 0 Å². The molecule has 0 spiro atoms. The van der Waals surface area contributed by atoms with Crippen molar-refractivity contribution in [2.24, 2.45) is 11.5 Å². The topological polar surface area (TPSA) is 159 Å². The van der Waals surface area contributed by atoms with E-state index in [1.165, 1.54) is 25.3 Å². The van der Waals surface area contributed by atoms with E-state index in [2.05, 4.69) is 0 Å². The second kappa shape index (κ2) is 6.41. The Hall–Kier alpha value is -2.33. The van der Waals surface area contributed by atoms with Crippen molar-refractivity contribution in [1.29, 1.82) is 0 Å². The third kappa shape index (κ3) is 4.07. The highest BCUT2D eigenvalue weighted by Gasteiger charge is 2.30. The maximum Gasteiger partial charge on any atom is 0.247 e. The number of ether oxygens (including phenoxy) is 1. The normalized spacial score (nSPS) is 11.3. The summed E-state index contributed by atoms with van der Waals surface area (Å²) in [7, 11) is -2.94. The van der Waals surface area contributed by atoms with Gasteiger partial charge in [0.25, 0.3) is 0 Å². The molecule has 1 aromatic rings. The lowest BCUT2D eigenvalue weighted by Gasteiger charge is -2.20. The molecule has 0 radical (unpaired) electrons. The van der Waals surface area contributed by atoms with E-state index < -0.39 is 34.9 Å². The summed E-state index contributed by atoms with van der Waals surface area (Å²) in [4.78, 5) is 21.7. The van der Waals surface area contributed by atoms with Gasteiger partial charge in [0.2, 0.25) is 21.8 Å². The number of nitrogens with zero attached hydrogens (tertiary/aromatic N) is 1. The summed E-state index contributed by atoms with van der Waals surface area (Å²) < 4.78 is 30.5. The van der Waals surface area contributed by atoms with Crippen molar-refractivity contribution >= 4 is 27.5 Å². The van der Waals surface area contributed by atoms with Crippen LogP contribution in [0.3, 0.4) is 0 Å². The predicted molar refractivity (Wildman–Crippen MR) is 74.6 cm³/mol. The molecule has 1 rings (SSSR count). The lowest BCUT2D eigenvalue weighted by molar-refractivity contribution is -0.120. The standard InChI is InChI=1S/C11H16N4O5S/c1-20-8-4-7(12)2-3-9(8)21(18,19)15(5-10(13)16)6-11(14)17/h2-4H,5-6,12H2,1H3,(H2,13,16)(H2,14,17). The Bertz CT molecular complexity index is 643. The van der Waals surface area contributed by atoms with Crippen LogP contribution in [0.15, 0.2) is 23.1 Å². The highest BCUT2D eigenvalue weighted by atomic mass is 32.2. The summed E-state index contributed by atoms with van der Waals surface area (Å²) in [5, 5.41) is 0. The molecular weight excluding hydrogens is 300 g/mol. The predicted octanol–water partition coefficient (Wildman–Crippen LogP) is -1.76. The molecule has 116 valence electrons. The first-order chi connectivity index (χ1) is 9.68. The molecule has 9 nitrogen and oxygen atoms in total. The van der Waals surface area contributed by atoms with Crippen molar-refractivity contribution in [3.8, 4) is 5.75 Å². The Kier molecular flexibility index (Phi) is 5.11. The Morgan fingerprint density at radius 1 is 1.19 bits per heavy atom. The van der Waals surface area contributed by atoms with Crippen LogP contribution in [-0.4, -0.2) is 44.7 Å².